The van der Waals surface area contributed by atoms with Crippen molar-refractivity contribution in [3.63, 3.8) is 0 Å². The number of nitrogens with one attached hydrogen (secondary N) is 1. The highest BCUT2D eigenvalue weighted by Crippen LogP contribution is 2.13. The number of carbonyl (C=O) groups excluding carboxylic acids is 2. The molecule has 3 amide bonds. The van der Waals surface area contributed by atoms with Gasteiger partial charge in [0.05, 0.1) is 6.26 Å². The average Bonchev–Trinajstić information content (AvgIpc) is 2.78. The molecule has 15 heavy (non-hydrogen) atoms. The van der Waals surface area contributed by atoms with Crippen molar-refractivity contribution in [3.05, 3.63) is 29.9 Å². The highest BCUT2D eigenvalue weighted by molar-refractivity contribution is 6.13. The van der Waals surface area contributed by atoms with E-state index in [9.17, 15) is 9.59 Å². The van der Waals surface area contributed by atoms with Crippen molar-refractivity contribution in [1.29, 1.82) is 0 Å². The molecule has 78 valence electrons. The van der Waals surface area contributed by atoms with Crippen LogP contribution >= 0.6 is 0 Å². The lowest BCUT2D eigenvalue weighted by Gasteiger charge is -2.05. The topological polar surface area (TPSA) is 62.6 Å². The first-order chi connectivity index (χ1) is 7.22. The number of imide groups is 1. The lowest BCUT2D eigenvalue weighted by molar-refractivity contribution is -0.122. The quantitative estimate of drug-likeness (QED) is 0.584. The largest absolute Gasteiger partial charge is 0.465 e. The van der Waals surface area contributed by atoms with Crippen LogP contribution in [-0.4, -0.2) is 23.4 Å². The van der Waals surface area contributed by atoms with Gasteiger partial charge in [-0.3, -0.25) is 9.69 Å². The highest BCUT2D eigenvalue weighted by atomic mass is 16.3. The Morgan fingerprint density at radius 2 is 2.33 bits per heavy atom. The van der Waals surface area contributed by atoms with Crippen LogP contribution < -0.4 is 5.32 Å². The third kappa shape index (κ3) is 1.63. The van der Waals surface area contributed by atoms with Crippen molar-refractivity contribution >= 4 is 18.0 Å². The minimum absolute atomic E-state index is 0.247. The van der Waals surface area contributed by atoms with E-state index in [1.165, 1.54) is 12.3 Å². The fourth-order valence-electron chi connectivity index (χ4n) is 1.37. The molecule has 5 nitrogen and oxygen atoms in total. The van der Waals surface area contributed by atoms with Gasteiger partial charge in [-0.15, -0.1) is 0 Å². The van der Waals surface area contributed by atoms with Crippen molar-refractivity contribution in [2.24, 2.45) is 0 Å². The monoisotopic (exact) mass is 206 g/mol. The van der Waals surface area contributed by atoms with Gasteiger partial charge in [-0.1, -0.05) is 0 Å². The number of hydrogen-bond donors (Lipinski definition) is 1. The van der Waals surface area contributed by atoms with Gasteiger partial charge in [-0.05, 0) is 19.1 Å². The molecule has 0 aromatic carbocycles. The van der Waals surface area contributed by atoms with Gasteiger partial charge in [0.25, 0.3) is 5.91 Å². The molecule has 0 bridgehead atoms. The fourth-order valence-corrected chi connectivity index (χ4v) is 1.37. The Kier molecular flexibility index (Phi) is 2.29. The van der Waals surface area contributed by atoms with Crippen LogP contribution in [0.1, 0.15) is 12.7 Å². The number of likely N-dealkylation sites (N-methyl/N-ethyl adjacent to an activating group) is 1. The smallest absolute Gasteiger partial charge is 0.328 e. The van der Waals surface area contributed by atoms with Crippen molar-refractivity contribution in [2.75, 3.05) is 6.54 Å². The predicted octanol–water partition coefficient (Wildman–Crippen LogP) is 1.19. The summed E-state index contributed by atoms with van der Waals surface area (Å²) < 4.78 is 5.05. The van der Waals surface area contributed by atoms with Crippen LogP contribution in [0.3, 0.4) is 0 Å². The van der Waals surface area contributed by atoms with Gasteiger partial charge in [-0.25, -0.2) is 4.79 Å². The zero-order valence-electron chi connectivity index (χ0n) is 8.19. The molecule has 1 aromatic rings. The molecule has 0 atom stereocenters. The lowest BCUT2D eigenvalue weighted by atomic mass is 10.3. The molecule has 0 spiro atoms. The normalized spacial score (nSPS) is 18.7. The average molecular weight is 206 g/mol. The van der Waals surface area contributed by atoms with E-state index in [-0.39, 0.29) is 17.6 Å². The highest BCUT2D eigenvalue weighted by Gasteiger charge is 2.32. The Balaban J connectivity index is 2.26. The standard InChI is InChI=1S/C10H10N2O3/c1-2-12-9(13)8(11-10(12)14)6-7-4-3-5-15-7/h3-6H,2H2,1H3,(H,11,14). The van der Waals surface area contributed by atoms with Crippen LogP contribution in [0.25, 0.3) is 6.08 Å². The van der Waals surface area contributed by atoms with Crippen LogP contribution in [0.2, 0.25) is 0 Å². The van der Waals surface area contributed by atoms with Gasteiger partial charge in [0, 0.05) is 12.6 Å². The van der Waals surface area contributed by atoms with Crippen LogP contribution in [0.4, 0.5) is 4.79 Å². The summed E-state index contributed by atoms with van der Waals surface area (Å²) in [5.41, 5.74) is 0.247. The predicted molar refractivity (Wildman–Crippen MR) is 52.6 cm³/mol. The van der Waals surface area contributed by atoms with E-state index in [0.29, 0.717) is 12.3 Å². The van der Waals surface area contributed by atoms with E-state index < -0.39 is 0 Å². The second-order valence-corrected chi connectivity index (χ2v) is 3.05. The number of hydrogen-bond acceptors (Lipinski definition) is 3. The van der Waals surface area contributed by atoms with Crippen LogP contribution in [-0.2, 0) is 4.79 Å². The van der Waals surface area contributed by atoms with Gasteiger partial charge in [0.1, 0.15) is 11.5 Å². The Bertz CT molecular complexity index is 420. The SMILES string of the molecule is CCN1C(=O)NC(=Cc2ccco2)C1=O. The summed E-state index contributed by atoms with van der Waals surface area (Å²) in [6, 6.07) is 3.03. The first-order valence-corrected chi connectivity index (χ1v) is 4.60. The van der Waals surface area contributed by atoms with Gasteiger partial charge >= 0.3 is 6.03 Å². The molecule has 0 aliphatic carbocycles. The number of rotatable bonds is 2. The minimum atomic E-state index is -0.389. The van der Waals surface area contributed by atoms with E-state index in [0.717, 1.165) is 4.90 Å². The summed E-state index contributed by atoms with van der Waals surface area (Å²) in [6.45, 7) is 2.10. The fraction of sp³-hybridized carbons (Fsp3) is 0.200. The number of furan rings is 1. The molecule has 1 fully saturated rings. The molecule has 1 aliphatic heterocycles. The Labute approximate surface area is 86.4 Å². The van der Waals surface area contributed by atoms with Gasteiger partial charge < -0.3 is 9.73 Å². The van der Waals surface area contributed by atoms with Crippen molar-refractivity contribution < 1.29 is 14.0 Å². The molecule has 2 heterocycles. The third-order valence-corrected chi connectivity index (χ3v) is 2.11. The van der Waals surface area contributed by atoms with Crippen LogP contribution in [0.5, 0.6) is 0 Å². The second kappa shape index (κ2) is 3.61. The summed E-state index contributed by atoms with van der Waals surface area (Å²) in [4.78, 5) is 24.0. The van der Waals surface area contributed by atoms with E-state index in [4.69, 9.17) is 4.42 Å². The molecule has 0 unspecified atom stereocenters. The maximum atomic E-state index is 11.6. The zero-order valence-corrected chi connectivity index (χ0v) is 8.19. The molecule has 2 rings (SSSR count). The van der Waals surface area contributed by atoms with Gasteiger partial charge in [0.15, 0.2) is 0 Å². The molecular formula is C10H10N2O3. The Hall–Kier alpha value is -2.04. The maximum Gasteiger partial charge on any atom is 0.328 e. The number of nitrogens with zero attached hydrogens (tertiary/aromatic N) is 1. The Morgan fingerprint density at radius 3 is 2.87 bits per heavy atom. The zero-order chi connectivity index (χ0) is 10.8. The number of urea groups is 1. The molecular weight excluding hydrogens is 196 g/mol. The number of carbonyl (C=O) groups is 2. The summed E-state index contributed by atoms with van der Waals surface area (Å²) >= 11 is 0. The second-order valence-electron chi connectivity index (χ2n) is 3.05. The van der Waals surface area contributed by atoms with Crippen molar-refractivity contribution in [3.8, 4) is 0 Å². The lowest BCUT2D eigenvalue weighted by Crippen LogP contribution is -2.30. The molecule has 1 saturated heterocycles. The Morgan fingerprint density at radius 1 is 1.53 bits per heavy atom. The minimum Gasteiger partial charge on any atom is -0.465 e. The van der Waals surface area contributed by atoms with Gasteiger partial charge in [-0.2, -0.15) is 0 Å². The number of amides is 3. The van der Waals surface area contributed by atoms with Crippen molar-refractivity contribution in [2.45, 2.75) is 6.92 Å². The summed E-state index contributed by atoms with van der Waals surface area (Å²) in [7, 11) is 0. The molecule has 5 heteroatoms. The first kappa shape index (κ1) is 9.51. The van der Waals surface area contributed by atoms with Crippen molar-refractivity contribution in [1.82, 2.24) is 10.2 Å². The molecule has 1 aliphatic rings. The first-order valence-electron chi connectivity index (χ1n) is 4.60. The van der Waals surface area contributed by atoms with Gasteiger partial charge in [0.2, 0.25) is 0 Å². The summed E-state index contributed by atoms with van der Waals surface area (Å²) in [6.07, 6.45) is 3.02. The van der Waals surface area contributed by atoms with Crippen LogP contribution in [0, 0.1) is 0 Å². The molecule has 1 aromatic heterocycles. The van der Waals surface area contributed by atoms with E-state index in [1.54, 1.807) is 19.1 Å². The summed E-state index contributed by atoms with van der Waals surface area (Å²) in [5.74, 6) is 0.218. The molecule has 0 radical (unpaired) electrons. The van der Waals surface area contributed by atoms with E-state index in [1.807, 2.05) is 0 Å². The molecule has 0 saturated carbocycles. The summed E-state index contributed by atoms with van der Waals surface area (Å²) in [5, 5.41) is 2.48. The van der Waals surface area contributed by atoms with E-state index >= 15 is 0 Å². The maximum absolute atomic E-state index is 11.6. The van der Waals surface area contributed by atoms with E-state index in [2.05, 4.69) is 5.32 Å². The van der Waals surface area contributed by atoms with Crippen LogP contribution in [0.15, 0.2) is 28.5 Å². The third-order valence-electron chi connectivity index (χ3n) is 2.11. The molecule has 1 N–H and O–H groups in total.